The molecule has 0 atom stereocenters. The number of benzene rings is 4. The first kappa shape index (κ1) is 30.2. The number of amides is 3. The molecular weight excluding hydrogens is 574 g/mol. The summed E-state index contributed by atoms with van der Waals surface area (Å²) in [5.74, 6) is 0.107. The fourth-order valence-corrected chi connectivity index (χ4v) is 4.81. The predicted molar refractivity (Wildman–Crippen MR) is 167 cm³/mol. The number of thioether (sulfide) groups is 1. The lowest BCUT2D eigenvalue weighted by Gasteiger charge is -2.12. The van der Waals surface area contributed by atoms with Gasteiger partial charge in [0.15, 0.2) is 0 Å². The van der Waals surface area contributed by atoms with E-state index in [0.717, 1.165) is 4.90 Å². The van der Waals surface area contributed by atoms with Crippen LogP contribution in [0.1, 0.15) is 15.9 Å². The van der Waals surface area contributed by atoms with Gasteiger partial charge in [-0.05, 0) is 72.3 Å². The summed E-state index contributed by atoms with van der Waals surface area (Å²) >= 11 is 7.44. The van der Waals surface area contributed by atoms with Gasteiger partial charge in [-0.15, -0.1) is 11.8 Å². The van der Waals surface area contributed by atoms with Crippen molar-refractivity contribution < 1.29 is 23.9 Å². The van der Waals surface area contributed by atoms with Gasteiger partial charge in [0.25, 0.3) is 11.8 Å². The van der Waals surface area contributed by atoms with Gasteiger partial charge in [-0.3, -0.25) is 14.4 Å². The molecule has 0 unspecified atom stereocenters. The Morgan fingerprint density at radius 1 is 0.810 bits per heavy atom. The highest BCUT2D eigenvalue weighted by Crippen LogP contribution is 2.28. The molecule has 0 aliphatic rings. The van der Waals surface area contributed by atoms with Gasteiger partial charge in [0, 0.05) is 21.8 Å². The lowest BCUT2D eigenvalue weighted by Crippen LogP contribution is -2.30. The second-order valence-electron chi connectivity index (χ2n) is 8.82. The number of hydrogen-bond donors (Lipinski definition) is 3. The lowest BCUT2D eigenvalue weighted by molar-refractivity contribution is -0.114. The standard InChI is InChI=1S/C32H28ClN3O5S/c1-40-25-12-6-8-21(16-25)17-28(36-31(38)22-9-4-3-5-10-22)32(39)35-23-11-7-13-26(18-23)42-20-30(37)34-24-14-15-29(41-2)27(33)19-24/h3-19H,20H2,1-2H3,(H,34,37)(H,35,39)(H,36,38)/b28-17-. The smallest absolute Gasteiger partial charge is 0.272 e. The van der Waals surface area contributed by atoms with Crippen molar-refractivity contribution in [2.75, 3.05) is 30.6 Å². The normalized spacial score (nSPS) is 10.9. The number of rotatable bonds is 11. The molecule has 0 saturated heterocycles. The molecule has 0 aromatic heterocycles. The molecule has 3 amide bonds. The maximum atomic E-state index is 13.4. The number of carbonyl (C=O) groups is 3. The third kappa shape index (κ3) is 8.63. The van der Waals surface area contributed by atoms with E-state index in [2.05, 4.69) is 16.0 Å². The lowest BCUT2D eigenvalue weighted by atomic mass is 10.1. The summed E-state index contributed by atoms with van der Waals surface area (Å²) in [4.78, 5) is 39.6. The highest BCUT2D eigenvalue weighted by Gasteiger charge is 2.16. The minimum Gasteiger partial charge on any atom is -0.497 e. The summed E-state index contributed by atoms with van der Waals surface area (Å²) in [5, 5.41) is 8.76. The van der Waals surface area contributed by atoms with Crippen LogP contribution in [0.25, 0.3) is 6.08 Å². The van der Waals surface area contributed by atoms with Crippen molar-refractivity contribution in [3.8, 4) is 11.5 Å². The van der Waals surface area contributed by atoms with Crippen LogP contribution in [0.2, 0.25) is 5.02 Å². The maximum absolute atomic E-state index is 13.4. The number of hydrogen-bond acceptors (Lipinski definition) is 6. The van der Waals surface area contributed by atoms with E-state index < -0.39 is 11.8 Å². The zero-order valence-corrected chi connectivity index (χ0v) is 24.4. The van der Waals surface area contributed by atoms with Gasteiger partial charge < -0.3 is 25.4 Å². The van der Waals surface area contributed by atoms with Crippen LogP contribution in [0.15, 0.2) is 108 Å². The minimum absolute atomic E-state index is 0.0488. The predicted octanol–water partition coefficient (Wildman–Crippen LogP) is 6.50. The number of carbonyl (C=O) groups excluding carboxylic acids is 3. The van der Waals surface area contributed by atoms with Gasteiger partial charge in [0.1, 0.15) is 17.2 Å². The molecule has 0 fully saturated rings. The Labute approximate surface area is 253 Å². The maximum Gasteiger partial charge on any atom is 0.272 e. The molecule has 8 nitrogen and oxygen atoms in total. The molecule has 214 valence electrons. The number of halogens is 1. The minimum atomic E-state index is -0.515. The Bertz CT molecular complexity index is 1610. The van der Waals surface area contributed by atoms with Crippen LogP contribution in [0.4, 0.5) is 11.4 Å². The Balaban J connectivity index is 1.45. The van der Waals surface area contributed by atoms with Crippen LogP contribution < -0.4 is 25.4 Å². The number of nitrogens with one attached hydrogen (secondary N) is 3. The highest BCUT2D eigenvalue weighted by molar-refractivity contribution is 8.00. The van der Waals surface area contributed by atoms with E-state index in [4.69, 9.17) is 21.1 Å². The summed E-state index contributed by atoms with van der Waals surface area (Å²) in [5.41, 5.74) is 2.18. The largest absolute Gasteiger partial charge is 0.497 e. The average molecular weight is 602 g/mol. The third-order valence-corrected chi connectivity index (χ3v) is 7.12. The molecule has 0 aliphatic carbocycles. The van der Waals surface area contributed by atoms with Gasteiger partial charge in [-0.2, -0.15) is 0 Å². The fourth-order valence-electron chi connectivity index (χ4n) is 3.79. The first-order valence-electron chi connectivity index (χ1n) is 12.7. The molecule has 0 spiro atoms. The number of methoxy groups -OCH3 is 2. The molecular formula is C32H28ClN3O5S. The monoisotopic (exact) mass is 601 g/mol. The van der Waals surface area contributed by atoms with Crippen LogP contribution in [-0.2, 0) is 9.59 Å². The highest BCUT2D eigenvalue weighted by atomic mass is 35.5. The topological polar surface area (TPSA) is 106 Å². The van der Waals surface area contributed by atoms with Crippen molar-refractivity contribution in [2.45, 2.75) is 4.90 Å². The molecule has 0 saturated carbocycles. The van der Waals surface area contributed by atoms with Crippen LogP contribution in [0, 0.1) is 0 Å². The van der Waals surface area contributed by atoms with E-state index in [9.17, 15) is 14.4 Å². The fraction of sp³-hybridized carbons (Fsp3) is 0.0938. The zero-order chi connectivity index (χ0) is 29.9. The summed E-state index contributed by atoms with van der Waals surface area (Å²) in [6, 6.07) is 27.8. The van der Waals surface area contributed by atoms with Crippen LogP contribution in [-0.4, -0.2) is 37.7 Å². The Morgan fingerprint density at radius 2 is 1.57 bits per heavy atom. The summed E-state index contributed by atoms with van der Waals surface area (Å²) in [6.07, 6.45) is 1.58. The molecule has 4 rings (SSSR count). The van der Waals surface area contributed by atoms with Gasteiger partial charge in [-0.1, -0.05) is 48.0 Å². The van der Waals surface area contributed by atoms with E-state index >= 15 is 0 Å². The molecule has 0 heterocycles. The van der Waals surface area contributed by atoms with Crippen LogP contribution >= 0.6 is 23.4 Å². The van der Waals surface area contributed by atoms with Gasteiger partial charge in [0.05, 0.1) is 25.0 Å². The second-order valence-corrected chi connectivity index (χ2v) is 10.3. The molecule has 4 aromatic rings. The van der Waals surface area contributed by atoms with Crippen molar-refractivity contribution in [1.82, 2.24) is 5.32 Å². The molecule has 0 bridgehead atoms. The second kappa shape index (κ2) is 14.8. The average Bonchev–Trinajstić information content (AvgIpc) is 3.00. The van der Waals surface area contributed by atoms with E-state index in [1.54, 1.807) is 104 Å². The van der Waals surface area contributed by atoms with Crippen molar-refractivity contribution >= 4 is 58.5 Å². The summed E-state index contributed by atoms with van der Waals surface area (Å²) in [7, 11) is 3.07. The molecule has 4 aromatic carbocycles. The first-order valence-corrected chi connectivity index (χ1v) is 14.1. The van der Waals surface area contributed by atoms with Crippen molar-refractivity contribution in [1.29, 1.82) is 0 Å². The van der Waals surface area contributed by atoms with Crippen molar-refractivity contribution in [3.63, 3.8) is 0 Å². The molecule has 0 aliphatic heterocycles. The van der Waals surface area contributed by atoms with Crippen molar-refractivity contribution in [3.05, 3.63) is 119 Å². The Kier molecular flexibility index (Phi) is 10.6. The Hall–Kier alpha value is -4.73. The molecule has 10 heteroatoms. The van der Waals surface area contributed by atoms with Gasteiger partial charge >= 0.3 is 0 Å². The van der Waals surface area contributed by atoms with Crippen LogP contribution in [0.3, 0.4) is 0 Å². The quantitative estimate of drug-likeness (QED) is 0.134. The van der Waals surface area contributed by atoms with Gasteiger partial charge in [-0.25, -0.2) is 0 Å². The first-order chi connectivity index (χ1) is 20.3. The van der Waals surface area contributed by atoms with E-state index in [-0.39, 0.29) is 17.4 Å². The van der Waals surface area contributed by atoms with Crippen molar-refractivity contribution in [2.24, 2.45) is 0 Å². The Morgan fingerprint density at radius 3 is 2.31 bits per heavy atom. The zero-order valence-electron chi connectivity index (χ0n) is 22.8. The number of ether oxygens (including phenoxy) is 2. The number of anilines is 2. The van der Waals surface area contributed by atoms with E-state index in [0.29, 0.717) is 39.0 Å². The molecule has 0 radical (unpaired) electrons. The van der Waals surface area contributed by atoms with E-state index in [1.807, 2.05) is 6.07 Å². The molecule has 3 N–H and O–H groups in total. The summed E-state index contributed by atoms with van der Waals surface area (Å²) < 4.78 is 10.4. The summed E-state index contributed by atoms with van der Waals surface area (Å²) in [6.45, 7) is 0. The third-order valence-electron chi connectivity index (χ3n) is 5.83. The van der Waals surface area contributed by atoms with Crippen LogP contribution in [0.5, 0.6) is 11.5 Å². The van der Waals surface area contributed by atoms with E-state index in [1.165, 1.54) is 18.9 Å². The SMILES string of the molecule is COc1cccc(/C=C(\NC(=O)c2ccccc2)C(=O)Nc2cccc(SCC(=O)Nc3ccc(OC)c(Cl)c3)c2)c1. The molecule has 42 heavy (non-hydrogen) atoms. The van der Waals surface area contributed by atoms with Gasteiger partial charge in [0.2, 0.25) is 5.91 Å².